The van der Waals surface area contributed by atoms with Crippen LogP contribution in [0.5, 0.6) is 0 Å². The van der Waals surface area contributed by atoms with E-state index in [2.05, 4.69) is 83.8 Å². The van der Waals surface area contributed by atoms with Crippen LogP contribution < -0.4 is 0 Å². The van der Waals surface area contributed by atoms with Gasteiger partial charge in [-0.25, -0.2) is 0 Å². The zero-order chi connectivity index (χ0) is 20.0. The average molecular weight is 403 g/mol. The SMILES string of the molecule is CC[C@H]1CSC2=N[C@H](c3ccccn3)[C@@H](c3cc(C)n(-c4ccccc4)c3C)N21. The molecule has 29 heavy (non-hydrogen) atoms. The topological polar surface area (TPSA) is 33.4 Å². The standard InChI is InChI=1S/C24H26N4S/c1-4-18-15-29-24-26-22(21-12-8-9-13-25-21)23(28(18)24)20-14-16(2)27(17(20)3)19-10-6-5-7-11-19/h5-14,18,22-23H,4,15H2,1-3H3/t18-,22+,23+/m0/s1. The second-order valence-electron chi connectivity index (χ2n) is 7.83. The van der Waals surface area contributed by atoms with Gasteiger partial charge in [-0.3, -0.25) is 9.98 Å². The molecule has 1 saturated heterocycles. The summed E-state index contributed by atoms with van der Waals surface area (Å²) in [4.78, 5) is 12.4. The minimum atomic E-state index is 0.0396. The summed E-state index contributed by atoms with van der Waals surface area (Å²) < 4.78 is 2.37. The molecule has 5 heteroatoms. The predicted molar refractivity (Wildman–Crippen MR) is 121 cm³/mol. The number of aromatic nitrogens is 2. The molecular formula is C24H26N4S. The fraction of sp³-hybridized carbons (Fsp3) is 0.333. The van der Waals surface area contributed by atoms with Crippen LogP contribution in [0, 0.1) is 13.8 Å². The van der Waals surface area contributed by atoms with Crippen molar-refractivity contribution >= 4 is 16.9 Å². The van der Waals surface area contributed by atoms with Crippen LogP contribution in [0.4, 0.5) is 0 Å². The summed E-state index contributed by atoms with van der Waals surface area (Å²) in [5.41, 5.74) is 6.19. The van der Waals surface area contributed by atoms with Crippen LogP contribution in [0.25, 0.3) is 5.69 Å². The number of hydrogen-bond donors (Lipinski definition) is 0. The first kappa shape index (κ1) is 18.5. The van der Waals surface area contributed by atoms with Crippen molar-refractivity contribution in [2.24, 2.45) is 4.99 Å². The molecule has 2 aliphatic heterocycles. The predicted octanol–water partition coefficient (Wildman–Crippen LogP) is 5.47. The summed E-state index contributed by atoms with van der Waals surface area (Å²) in [6.07, 6.45) is 3.02. The van der Waals surface area contributed by atoms with Crippen LogP contribution in [0.15, 0.2) is 65.8 Å². The number of benzene rings is 1. The Bertz CT molecular complexity index is 1040. The summed E-state index contributed by atoms with van der Waals surface area (Å²) in [7, 11) is 0. The van der Waals surface area contributed by atoms with Crippen LogP contribution in [0.2, 0.25) is 0 Å². The maximum Gasteiger partial charge on any atom is 0.160 e. The first-order chi connectivity index (χ1) is 14.2. The monoisotopic (exact) mass is 402 g/mol. The zero-order valence-corrected chi connectivity index (χ0v) is 17.9. The van der Waals surface area contributed by atoms with Crippen molar-refractivity contribution in [1.82, 2.24) is 14.5 Å². The minimum absolute atomic E-state index is 0.0396. The number of pyridine rings is 1. The quantitative estimate of drug-likeness (QED) is 0.580. The number of thioether (sulfide) groups is 1. The van der Waals surface area contributed by atoms with Crippen molar-refractivity contribution in [3.63, 3.8) is 0 Å². The van der Waals surface area contributed by atoms with E-state index in [1.54, 1.807) is 0 Å². The maximum absolute atomic E-state index is 5.16. The molecule has 3 aromatic rings. The smallest absolute Gasteiger partial charge is 0.160 e. The Morgan fingerprint density at radius 1 is 1.07 bits per heavy atom. The van der Waals surface area contributed by atoms with Crippen molar-refractivity contribution in [3.05, 3.63) is 83.4 Å². The number of para-hydroxylation sites is 1. The maximum atomic E-state index is 5.16. The lowest BCUT2D eigenvalue weighted by Gasteiger charge is -2.32. The number of aryl methyl sites for hydroxylation is 1. The number of fused-ring (bicyclic) bond motifs is 1. The lowest BCUT2D eigenvalue weighted by Crippen LogP contribution is -2.35. The molecule has 3 atom stereocenters. The van der Waals surface area contributed by atoms with Gasteiger partial charge < -0.3 is 9.47 Å². The second kappa shape index (κ2) is 7.38. The number of amidine groups is 1. The molecule has 2 aromatic heterocycles. The van der Waals surface area contributed by atoms with E-state index in [9.17, 15) is 0 Å². The Morgan fingerprint density at radius 3 is 2.59 bits per heavy atom. The zero-order valence-electron chi connectivity index (χ0n) is 17.1. The van der Waals surface area contributed by atoms with E-state index >= 15 is 0 Å². The molecule has 0 bridgehead atoms. The summed E-state index contributed by atoms with van der Waals surface area (Å²) in [5, 5.41) is 1.18. The number of rotatable bonds is 4. The summed E-state index contributed by atoms with van der Waals surface area (Å²) in [6, 6.07) is 19.9. The Morgan fingerprint density at radius 2 is 1.86 bits per heavy atom. The number of hydrogen-bond acceptors (Lipinski definition) is 4. The van der Waals surface area contributed by atoms with Crippen LogP contribution in [0.1, 0.15) is 48.1 Å². The van der Waals surface area contributed by atoms with Gasteiger partial charge in [0.05, 0.1) is 11.7 Å². The molecule has 0 unspecified atom stereocenters. The van der Waals surface area contributed by atoms with Crippen molar-refractivity contribution in [3.8, 4) is 5.69 Å². The first-order valence-electron chi connectivity index (χ1n) is 10.3. The normalized spacial score (nSPS) is 23.3. The van der Waals surface area contributed by atoms with Crippen molar-refractivity contribution < 1.29 is 0 Å². The van der Waals surface area contributed by atoms with Gasteiger partial charge in [0.2, 0.25) is 0 Å². The fourth-order valence-electron chi connectivity index (χ4n) is 4.75. The van der Waals surface area contributed by atoms with E-state index in [-0.39, 0.29) is 12.1 Å². The Hall–Kier alpha value is -2.53. The molecule has 0 N–H and O–H groups in total. The number of aliphatic imine (C=N–C) groups is 1. The molecule has 0 spiro atoms. The average Bonchev–Trinajstić information content (AvgIpc) is 3.40. The molecule has 1 fully saturated rings. The minimum Gasteiger partial charge on any atom is -0.338 e. The molecule has 2 aliphatic rings. The largest absolute Gasteiger partial charge is 0.338 e. The fourth-order valence-corrected chi connectivity index (χ4v) is 6.09. The van der Waals surface area contributed by atoms with Crippen molar-refractivity contribution in [2.45, 2.75) is 45.3 Å². The van der Waals surface area contributed by atoms with Gasteiger partial charge in [0.25, 0.3) is 0 Å². The Balaban J connectivity index is 1.64. The van der Waals surface area contributed by atoms with Gasteiger partial charge in [0, 0.05) is 35.1 Å². The summed E-state index contributed by atoms with van der Waals surface area (Å²) >= 11 is 1.90. The van der Waals surface area contributed by atoms with Gasteiger partial charge >= 0.3 is 0 Å². The molecule has 0 amide bonds. The molecule has 4 nitrogen and oxygen atoms in total. The van der Waals surface area contributed by atoms with Crippen molar-refractivity contribution in [2.75, 3.05) is 5.75 Å². The van der Waals surface area contributed by atoms with Gasteiger partial charge in [-0.05, 0) is 56.2 Å². The molecule has 4 heterocycles. The summed E-state index contributed by atoms with van der Waals surface area (Å²) in [6.45, 7) is 6.73. The van der Waals surface area contributed by atoms with Crippen LogP contribution in [-0.2, 0) is 0 Å². The van der Waals surface area contributed by atoms with Crippen molar-refractivity contribution in [1.29, 1.82) is 0 Å². The molecular weight excluding hydrogens is 376 g/mol. The Kier molecular flexibility index (Phi) is 4.70. The van der Waals surface area contributed by atoms with Gasteiger partial charge in [0.15, 0.2) is 5.17 Å². The molecule has 0 radical (unpaired) electrons. The van der Waals surface area contributed by atoms with Gasteiger partial charge in [0.1, 0.15) is 6.04 Å². The molecule has 5 rings (SSSR count). The summed E-state index contributed by atoms with van der Waals surface area (Å²) in [5.74, 6) is 1.12. The molecule has 148 valence electrons. The highest BCUT2D eigenvalue weighted by atomic mass is 32.2. The van der Waals surface area contributed by atoms with Gasteiger partial charge in [-0.15, -0.1) is 0 Å². The Labute approximate surface area is 176 Å². The third kappa shape index (κ3) is 2.99. The highest BCUT2D eigenvalue weighted by Gasteiger charge is 2.46. The van der Waals surface area contributed by atoms with Gasteiger partial charge in [-0.2, -0.15) is 0 Å². The lowest BCUT2D eigenvalue weighted by molar-refractivity contribution is 0.254. The van der Waals surface area contributed by atoms with Gasteiger partial charge in [-0.1, -0.05) is 43.0 Å². The van der Waals surface area contributed by atoms with E-state index in [1.807, 2.05) is 24.0 Å². The van der Waals surface area contributed by atoms with Crippen LogP contribution in [-0.4, -0.2) is 31.4 Å². The van der Waals surface area contributed by atoms with Crippen LogP contribution >= 0.6 is 11.8 Å². The second-order valence-corrected chi connectivity index (χ2v) is 8.82. The van der Waals surface area contributed by atoms with E-state index in [4.69, 9.17) is 4.99 Å². The molecule has 0 aliphatic carbocycles. The van der Waals surface area contributed by atoms with E-state index < -0.39 is 0 Å². The third-order valence-corrected chi connectivity index (χ3v) is 7.26. The van der Waals surface area contributed by atoms with E-state index in [0.717, 1.165) is 17.9 Å². The molecule has 1 aromatic carbocycles. The molecule has 0 saturated carbocycles. The highest BCUT2D eigenvalue weighted by Crippen LogP contribution is 2.49. The number of nitrogens with zero attached hydrogens (tertiary/aromatic N) is 4. The van der Waals surface area contributed by atoms with E-state index in [0.29, 0.717) is 6.04 Å². The highest BCUT2D eigenvalue weighted by molar-refractivity contribution is 8.14. The van der Waals surface area contributed by atoms with E-state index in [1.165, 1.54) is 27.8 Å². The first-order valence-corrected chi connectivity index (χ1v) is 11.3. The van der Waals surface area contributed by atoms with Crippen LogP contribution in [0.3, 0.4) is 0 Å². The third-order valence-electron chi connectivity index (χ3n) is 6.13. The lowest BCUT2D eigenvalue weighted by atomic mass is 9.95.